The summed E-state index contributed by atoms with van der Waals surface area (Å²) in [4.78, 5) is 16.4. The first-order valence-corrected chi connectivity index (χ1v) is 8.68. The van der Waals surface area contributed by atoms with Gasteiger partial charge in [0.15, 0.2) is 0 Å². The lowest BCUT2D eigenvalue weighted by Gasteiger charge is -2.34. The number of nitrogens with one attached hydrogen (secondary N) is 1. The highest BCUT2D eigenvalue weighted by atomic mass is 35.5. The van der Waals surface area contributed by atoms with Crippen LogP contribution in [0.25, 0.3) is 0 Å². The predicted octanol–water partition coefficient (Wildman–Crippen LogP) is 4.14. The summed E-state index contributed by atoms with van der Waals surface area (Å²) in [5.74, 6) is -0.314. The van der Waals surface area contributed by atoms with Crippen LogP contribution in [0.4, 0.5) is 14.9 Å². The Kier molecular flexibility index (Phi) is 5.56. The van der Waals surface area contributed by atoms with E-state index in [4.69, 9.17) is 11.6 Å². The molecule has 1 aliphatic heterocycles. The maximum atomic E-state index is 13.6. The summed E-state index contributed by atoms with van der Waals surface area (Å²) in [6.45, 7) is 5.44. The largest absolute Gasteiger partial charge is 0.322 e. The van der Waals surface area contributed by atoms with Gasteiger partial charge in [0, 0.05) is 43.4 Å². The second-order valence-corrected chi connectivity index (χ2v) is 6.72. The van der Waals surface area contributed by atoms with Crippen molar-refractivity contribution in [1.29, 1.82) is 0 Å². The van der Waals surface area contributed by atoms with Crippen LogP contribution in [0, 0.1) is 12.7 Å². The monoisotopic (exact) mass is 361 g/mol. The number of halogens is 2. The molecule has 1 fully saturated rings. The van der Waals surface area contributed by atoms with Crippen molar-refractivity contribution in [2.45, 2.75) is 13.5 Å². The lowest BCUT2D eigenvalue weighted by molar-refractivity contribution is 0.143. The van der Waals surface area contributed by atoms with Crippen molar-refractivity contribution in [3.63, 3.8) is 0 Å². The molecule has 3 rings (SSSR count). The molecule has 1 aliphatic rings. The molecule has 4 nitrogen and oxygen atoms in total. The standard InChI is InChI=1S/C19H21ClFN3O/c1-14-2-7-17(12-18(14)21)22-19(25)24-10-8-23(9-11-24)13-15-3-5-16(20)6-4-15/h2-7,12H,8-11,13H2,1H3,(H,22,25). The maximum absolute atomic E-state index is 13.6. The van der Waals surface area contributed by atoms with Gasteiger partial charge in [-0.05, 0) is 42.3 Å². The van der Waals surface area contributed by atoms with Crippen molar-refractivity contribution in [1.82, 2.24) is 9.80 Å². The molecular weight excluding hydrogens is 341 g/mol. The molecule has 2 aromatic carbocycles. The van der Waals surface area contributed by atoms with Crippen LogP contribution in [0.1, 0.15) is 11.1 Å². The van der Waals surface area contributed by atoms with Crippen molar-refractivity contribution < 1.29 is 9.18 Å². The molecule has 132 valence electrons. The van der Waals surface area contributed by atoms with Crippen LogP contribution in [-0.2, 0) is 6.54 Å². The molecule has 0 atom stereocenters. The van der Waals surface area contributed by atoms with Gasteiger partial charge >= 0.3 is 6.03 Å². The summed E-state index contributed by atoms with van der Waals surface area (Å²) in [5.41, 5.74) is 2.25. The van der Waals surface area contributed by atoms with Crippen LogP contribution in [0.3, 0.4) is 0 Å². The fourth-order valence-electron chi connectivity index (χ4n) is 2.83. The Morgan fingerprint density at radius 2 is 1.80 bits per heavy atom. The lowest BCUT2D eigenvalue weighted by atomic mass is 10.2. The Morgan fingerprint density at radius 1 is 1.12 bits per heavy atom. The van der Waals surface area contributed by atoms with Crippen LogP contribution >= 0.6 is 11.6 Å². The van der Waals surface area contributed by atoms with Gasteiger partial charge in [0.25, 0.3) is 0 Å². The number of piperazine rings is 1. The van der Waals surface area contributed by atoms with E-state index in [0.29, 0.717) is 24.3 Å². The SMILES string of the molecule is Cc1ccc(NC(=O)N2CCN(Cc3ccc(Cl)cc3)CC2)cc1F. The molecule has 2 aromatic rings. The van der Waals surface area contributed by atoms with Gasteiger partial charge in [0.1, 0.15) is 5.82 Å². The number of benzene rings is 2. The zero-order chi connectivity index (χ0) is 17.8. The number of amides is 2. The van der Waals surface area contributed by atoms with Crippen molar-refractivity contribution in [2.24, 2.45) is 0 Å². The third kappa shape index (κ3) is 4.71. The van der Waals surface area contributed by atoms with E-state index in [1.54, 1.807) is 24.0 Å². The van der Waals surface area contributed by atoms with E-state index >= 15 is 0 Å². The number of hydrogen-bond donors (Lipinski definition) is 1. The molecule has 0 bridgehead atoms. The number of anilines is 1. The Morgan fingerprint density at radius 3 is 2.44 bits per heavy atom. The summed E-state index contributed by atoms with van der Waals surface area (Å²) in [5, 5.41) is 3.50. The third-order valence-electron chi connectivity index (χ3n) is 4.40. The van der Waals surface area contributed by atoms with E-state index in [-0.39, 0.29) is 11.8 Å². The number of carbonyl (C=O) groups excluding carboxylic acids is 1. The minimum Gasteiger partial charge on any atom is -0.322 e. The van der Waals surface area contributed by atoms with Crippen LogP contribution < -0.4 is 5.32 Å². The van der Waals surface area contributed by atoms with Crippen LogP contribution in [0.5, 0.6) is 0 Å². The van der Waals surface area contributed by atoms with Crippen molar-refractivity contribution in [2.75, 3.05) is 31.5 Å². The normalized spacial score (nSPS) is 15.2. The molecule has 1 N–H and O–H groups in total. The van der Waals surface area contributed by atoms with E-state index in [1.165, 1.54) is 11.6 Å². The first-order chi connectivity index (χ1) is 12.0. The fourth-order valence-corrected chi connectivity index (χ4v) is 2.96. The maximum Gasteiger partial charge on any atom is 0.321 e. The smallest absolute Gasteiger partial charge is 0.321 e. The molecule has 25 heavy (non-hydrogen) atoms. The van der Waals surface area contributed by atoms with Gasteiger partial charge in [0.2, 0.25) is 0 Å². The average molecular weight is 362 g/mol. The number of rotatable bonds is 3. The molecule has 0 unspecified atom stereocenters. The molecule has 1 heterocycles. The quantitative estimate of drug-likeness (QED) is 0.891. The fraction of sp³-hybridized carbons (Fsp3) is 0.316. The number of nitrogens with zero attached hydrogens (tertiary/aromatic N) is 2. The van der Waals surface area contributed by atoms with Gasteiger partial charge in [-0.15, -0.1) is 0 Å². The van der Waals surface area contributed by atoms with Crippen LogP contribution in [0.2, 0.25) is 5.02 Å². The Balaban J connectivity index is 1.50. The van der Waals surface area contributed by atoms with Gasteiger partial charge in [-0.1, -0.05) is 29.8 Å². The summed E-state index contributed by atoms with van der Waals surface area (Å²) >= 11 is 5.91. The highest BCUT2D eigenvalue weighted by molar-refractivity contribution is 6.30. The molecule has 1 saturated heterocycles. The van der Waals surface area contributed by atoms with E-state index in [9.17, 15) is 9.18 Å². The third-order valence-corrected chi connectivity index (χ3v) is 4.65. The van der Waals surface area contributed by atoms with Crippen LogP contribution in [0.15, 0.2) is 42.5 Å². The second kappa shape index (κ2) is 7.85. The van der Waals surface area contributed by atoms with E-state index in [1.807, 2.05) is 24.3 Å². The second-order valence-electron chi connectivity index (χ2n) is 6.28. The van der Waals surface area contributed by atoms with Crippen molar-refractivity contribution >= 4 is 23.3 Å². The first-order valence-electron chi connectivity index (χ1n) is 8.30. The highest BCUT2D eigenvalue weighted by Crippen LogP contribution is 2.16. The van der Waals surface area contributed by atoms with Gasteiger partial charge in [-0.3, -0.25) is 4.90 Å². The van der Waals surface area contributed by atoms with E-state index < -0.39 is 0 Å². The predicted molar refractivity (Wildman–Crippen MR) is 98.5 cm³/mol. The molecule has 0 aromatic heterocycles. The van der Waals surface area contributed by atoms with Gasteiger partial charge in [0.05, 0.1) is 0 Å². The molecule has 0 spiro atoms. The van der Waals surface area contributed by atoms with Gasteiger partial charge in [-0.25, -0.2) is 9.18 Å². The molecule has 0 aliphatic carbocycles. The molecule has 0 radical (unpaired) electrons. The molecule has 6 heteroatoms. The average Bonchev–Trinajstić information content (AvgIpc) is 2.61. The van der Waals surface area contributed by atoms with Gasteiger partial charge < -0.3 is 10.2 Å². The highest BCUT2D eigenvalue weighted by Gasteiger charge is 2.21. The van der Waals surface area contributed by atoms with Gasteiger partial charge in [-0.2, -0.15) is 0 Å². The van der Waals surface area contributed by atoms with Crippen LogP contribution in [-0.4, -0.2) is 42.0 Å². The summed E-state index contributed by atoms with van der Waals surface area (Å²) < 4.78 is 13.6. The molecule has 0 saturated carbocycles. The minimum atomic E-state index is -0.314. The Labute approximate surface area is 152 Å². The number of carbonyl (C=O) groups is 1. The molecule has 2 amide bonds. The van der Waals surface area contributed by atoms with E-state index in [2.05, 4.69) is 10.2 Å². The number of aryl methyl sites for hydroxylation is 1. The minimum absolute atomic E-state index is 0.186. The van der Waals surface area contributed by atoms with Crippen molar-refractivity contribution in [3.05, 3.63) is 64.4 Å². The first kappa shape index (κ1) is 17.7. The zero-order valence-corrected chi connectivity index (χ0v) is 14.9. The lowest BCUT2D eigenvalue weighted by Crippen LogP contribution is -2.49. The summed E-state index contributed by atoms with van der Waals surface area (Å²) in [7, 11) is 0. The Bertz CT molecular complexity index is 743. The number of hydrogen-bond acceptors (Lipinski definition) is 2. The topological polar surface area (TPSA) is 35.6 Å². The number of urea groups is 1. The summed E-state index contributed by atoms with van der Waals surface area (Å²) in [6.07, 6.45) is 0. The molecular formula is C19H21ClFN3O. The zero-order valence-electron chi connectivity index (χ0n) is 14.1. The summed E-state index contributed by atoms with van der Waals surface area (Å²) in [6, 6.07) is 12.4. The van der Waals surface area contributed by atoms with Crippen molar-refractivity contribution in [3.8, 4) is 0 Å². The Hall–Kier alpha value is -2.11. The van der Waals surface area contributed by atoms with E-state index in [0.717, 1.165) is 24.7 Å².